The van der Waals surface area contributed by atoms with Gasteiger partial charge in [0.25, 0.3) is 0 Å². The van der Waals surface area contributed by atoms with Crippen LogP contribution in [0, 0.1) is 5.92 Å². The molecule has 0 aliphatic heterocycles. The summed E-state index contributed by atoms with van der Waals surface area (Å²) in [5, 5.41) is 3.02. The molecule has 94 valence electrons. The van der Waals surface area contributed by atoms with Crippen molar-refractivity contribution in [2.75, 3.05) is 31.4 Å². The lowest BCUT2D eigenvalue weighted by Gasteiger charge is -2.27. The molecule has 1 saturated carbocycles. The van der Waals surface area contributed by atoms with E-state index in [0.717, 1.165) is 17.6 Å². The fourth-order valence-corrected chi connectivity index (χ4v) is 2.07. The average Bonchev–Trinajstić information content (AvgIpc) is 3.20. The van der Waals surface area contributed by atoms with Gasteiger partial charge in [-0.2, -0.15) is 0 Å². The van der Waals surface area contributed by atoms with Gasteiger partial charge in [-0.05, 0) is 25.7 Å². The van der Waals surface area contributed by atoms with E-state index in [4.69, 9.17) is 4.74 Å². The minimum absolute atomic E-state index is 0.489. The zero-order valence-corrected chi connectivity index (χ0v) is 10.9. The van der Waals surface area contributed by atoms with Gasteiger partial charge in [0.1, 0.15) is 6.33 Å². The SMILES string of the molecule is CNc1ncnc(N(C)C(C)C2CC2)c1OC. The Morgan fingerprint density at radius 2 is 2.18 bits per heavy atom. The molecule has 0 aromatic carbocycles. The van der Waals surface area contributed by atoms with Crippen molar-refractivity contribution in [3.63, 3.8) is 0 Å². The highest BCUT2D eigenvalue weighted by Crippen LogP contribution is 2.39. The molecule has 1 aromatic heterocycles. The van der Waals surface area contributed by atoms with E-state index >= 15 is 0 Å². The van der Waals surface area contributed by atoms with Crippen molar-refractivity contribution in [1.82, 2.24) is 9.97 Å². The van der Waals surface area contributed by atoms with Gasteiger partial charge in [0.2, 0.25) is 5.75 Å². The molecule has 1 unspecified atom stereocenters. The standard InChI is InChI=1S/C12H20N4O/c1-8(9-5-6-9)16(3)12-10(17-4)11(13-2)14-7-15-12/h7-9H,5-6H2,1-4H3,(H,13,14,15). The fourth-order valence-electron chi connectivity index (χ4n) is 2.07. The Balaban J connectivity index is 2.29. The predicted molar refractivity (Wildman–Crippen MR) is 68.7 cm³/mol. The van der Waals surface area contributed by atoms with E-state index in [-0.39, 0.29) is 0 Å². The lowest BCUT2D eigenvalue weighted by atomic mass is 10.2. The summed E-state index contributed by atoms with van der Waals surface area (Å²) >= 11 is 0. The smallest absolute Gasteiger partial charge is 0.204 e. The van der Waals surface area contributed by atoms with Crippen LogP contribution in [-0.4, -0.2) is 37.2 Å². The van der Waals surface area contributed by atoms with Crippen molar-refractivity contribution in [2.24, 2.45) is 5.92 Å². The first-order valence-corrected chi connectivity index (χ1v) is 5.98. The highest BCUT2D eigenvalue weighted by Gasteiger charge is 2.32. The van der Waals surface area contributed by atoms with Crippen LogP contribution in [0.5, 0.6) is 5.75 Å². The molecule has 5 heteroatoms. The zero-order valence-electron chi connectivity index (χ0n) is 10.9. The number of methoxy groups -OCH3 is 1. The Hall–Kier alpha value is -1.52. The first-order valence-electron chi connectivity index (χ1n) is 5.98. The number of rotatable bonds is 5. The molecule has 1 fully saturated rings. The van der Waals surface area contributed by atoms with Gasteiger partial charge in [-0.3, -0.25) is 0 Å². The number of anilines is 2. The third-order valence-electron chi connectivity index (χ3n) is 3.48. The van der Waals surface area contributed by atoms with Crippen LogP contribution in [0.25, 0.3) is 0 Å². The summed E-state index contributed by atoms with van der Waals surface area (Å²) in [6, 6.07) is 0.489. The molecule has 0 amide bonds. The van der Waals surface area contributed by atoms with Crippen molar-refractivity contribution < 1.29 is 4.74 Å². The summed E-state index contributed by atoms with van der Waals surface area (Å²) in [6.07, 6.45) is 4.20. The van der Waals surface area contributed by atoms with E-state index in [1.165, 1.54) is 12.8 Å². The largest absolute Gasteiger partial charge is 0.490 e. The number of hydrogen-bond donors (Lipinski definition) is 1. The molecule has 1 aromatic rings. The summed E-state index contributed by atoms with van der Waals surface area (Å²) in [7, 11) is 5.55. The highest BCUT2D eigenvalue weighted by molar-refractivity contribution is 5.64. The van der Waals surface area contributed by atoms with Gasteiger partial charge in [-0.25, -0.2) is 9.97 Å². The maximum absolute atomic E-state index is 5.41. The van der Waals surface area contributed by atoms with Crippen molar-refractivity contribution in [3.05, 3.63) is 6.33 Å². The molecular weight excluding hydrogens is 216 g/mol. The zero-order chi connectivity index (χ0) is 12.4. The number of ether oxygens (including phenoxy) is 1. The van der Waals surface area contributed by atoms with Gasteiger partial charge in [-0.15, -0.1) is 0 Å². The maximum Gasteiger partial charge on any atom is 0.204 e. The molecule has 1 aliphatic carbocycles. The summed E-state index contributed by atoms with van der Waals surface area (Å²) in [6.45, 7) is 2.23. The van der Waals surface area contributed by atoms with E-state index in [0.29, 0.717) is 11.8 Å². The molecule has 1 heterocycles. The number of nitrogens with zero attached hydrogens (tertiary/aromatic N) is 3. The van der Waals surface area contributed by atoms with E-state index in [2.05, 4.69) is 34.2 Å². The molecule has 0 saturated heterocycles. The lowest BCUT2D eigenvalue weighted by Crippen LogP contribution is -2.31. The lowest BCUT2D eigenvalue weighted by molar-refractivity contribution is 0.411. The Bertz CT molecular complexity index is 392. The van der Waals surface area contributed by atoms with Crippen LogP contribution in [-0.2, 0) is 0 Å². The molecule has 1 N–H and O–H groups in total. The van der Waals surface area contributed by atoms with Gasteiger partial charge in [0, 0.05) is 20.1 Å². The van der Waals surface area contributed by atoms with Gasteiger partial charge in [0.05, 0.1) is 7.11 Å². The number of nitrogens with one attached hydrogen (secondary N) is 1. The third kappa shape index (κ3) is 2.28. The molecule has 1 aliphatic rings. The topological polar surface area (TPSA) is 50.3 Å². The van der Waals surface area contributed by atoms with Gasteiger partial charge in [0.15, 0.2) is 11.6 Å². The van der Waals surface area contributed by atoms with Crippen molar-refractivity contribution in [1.29, 1.82) is 0 Å². The van der Waals surface area contributed by atoms with Crippen molar-refractivity contribution in [2.45, 2.75) is 25.8 Å². The summed E-state index contributed by atoms with van der Waals surface area (Å²) in [5.74, 6) is 3.08. The normalized spacial score (nSPS) is 16.5. The second-order valence-corrected chi connectivity index (χ2v) is 4.52. The molecule has 1 atom stereocenters. The molecule has 2 rings (SSSR count). The van der Waals surface area contributed by atoms with Crippen molar-refractivity contribution in [3.8, 4) is 5.75 Å². The Kier molecular flexibility index (Phi) is 3.36. The summed E-state index contributed by atoms with van der Waals surface area (Å²) < 4.78 is 5.41. The van der Waals surface area contributed by atoms with Gasteiger partial charge in [-0.1, -0.05) is 0 Å². The minimum atomic E-state index is 0.489. The summed E-state index contributed by atoms with van der Waals surface area (Å²) in [5.41, 5.74) is 0. The van der Waals surface area contributed by atoms with Crippen LogP contribution in [0.2, 0.25) is 0 Å². The van der Waals surface area contributed by atoms with Crippen LogP contribution >= 0.6 is 0 Å². The molecule has 17 heavy (non-hydrogen) atoms. The van der Waals surface area contributed by atoms with E-state index < -0.39 is 0 Å². The van der Waals surface area contributed by atoms with E-state index in [1.54, 1.807) is 13.4 Å². The Morgan fingerprint density at radius 1 is 1.47 bits per heavy atom. The highest BCUT2D eigenvalue weighted by atomic mass is 16.5. The quantitative estimate of drug-likeness (QED) is 0.844. The molecule has 0 radical (unpaired) electrons. The minimum Gasteiger partial charge on any atom is -0.490 e. The molecule has 0 bridgehead atoms. The Labute approximate surface area is 102 Å². The number of hydrogen-bond acceptors (Lipinski definition) is 5. The van der Waals surface area contributed by atoms with E-state index in [1.807, 2.05) is 7.05 Å². The average molecular weight is 236 g/mol. The summed E-state index contributed by atoms with van der Waals surface area (Å²) in [4.78, 5) is 10.7. The first kappa shape index (κ1) is 12.0. The van der Waals surface area contributed by atoms with Crippen LogP contribution in [0.3, 0.4) is 0 Å². The second kappa shape index (κ2) is 4.77. The van der Waals surface area contributed by atoms with Crippen LogP contribution in [0.4, 0.5) is 11.6 Å². The number of aromatic nitrogens is 2. The third-order valence-corrected chi connectivity index (χ3v) is 3.48. The van der Waals surface area contributed by atoms with Crippen LogP contribution in [0.1, 0.15) is 19.8 Å². The fraction of sp³-hybridized carbons (Fsp3) is 0.667. The van der Waals surface area contributed by atoms with Gasteiger partial charge >= 0.3 is 0 Å². The second-order valence-electron chi connectivity index (χ2n) is 4.52. The van der Waals surface area contributed by atoms with Crippen LogP contribution in [0.15, 0.2) is 6.33 Å². The van der Waals surface area contributed by atoms with Crippen molar-refractivity contribution >= 4 is 11.6 Å². The van der Waals surface area contributed by atoms with E-state index in [9.17, 15) is 0 Å². The monoisotopic (exact) mass is 236 g/mol. The Morgan fingerprint density at radius 3 is 2.71 bits per heavy atom. The molecule has 5 nitrogen and oxygen atoms in total. The maximum atomic E-state index is 5.41. The molecular formula is C12H20N4O. The predicted octanol–water partition coefficient (Wildman–Crippen LogP) is 1.76. The van der Waals surface area contributed by atoms with Gasteiger partial charge < -0.3 is 15.0 Å². The van der Waals surface area contributed by atoms with Crippen LogP contribution < -0.4 is 15.0 Å². The first-order chi connectivity index (χ1) is 8.19. The molecule has 0 spiro atoms.